The van der Waals surface area contributed by atoms with Crippen LogP contribution in [-0.4, -0.2) is 105 Å². The van der Waals surface area contributed by atoms with E-state index in [1.54, 1.807) is 12.1 Å². The normalized spacial score (nSPS) is 17.4. The van der Waals surface area contributed by atoms with E-state index in [9.17, 15) is 41.5 Å². The number of nitro groups is 2. The molecule has 0 saturated carbocycles. The third-order valence-electron chi connectivity index (χ3n) is 10.7. The fourth-order valence-electron chi connectivity index (χ4n) is 7.31. The maximum Gasteiger partial charge on any atom is 0.289 e. The summed E-state index contributed by atoms with van der Waals surface area (Å²) >= 11 is 8.38. The van der Waals surface area contributed by atoms with E-state index >= 15 is 0 Å². The van der Waals surface area contributed by atoms with Gasteiger partial charge in [0, 0.05) is 105 Å². The third kappa shape index (κ3) is 11.1. The van der Waals surface area contributed by atoms with Crippen molar-refractivity contribution in [3.8, 4) is 0 Å². The SMILES string of the molecule is CC1CN(c2nc(Cc3ccc(F)cc3)ns2)CCN1S(=O)(=O)c1ccc([N+](=O)[O-])cc1.Cc1ccc(Cc2nsc(N3CCN(S(=O)(=O)c4ccc(Cl)c([N+](=O)[O-])c4)C(C)C3)n2)cc1. The predicted molar refractivity (Wildman–Crippen MR) is 245 cm³/mol. The maximum atomic E-state index is 13.2. The largest absolute Gasteiger partial charge is 0.344 e. The first-order valence-electron chi connectivity index (χ1n) is 20.1. The molecule has 0 aliphatic carbocycles. The molecule has 4 aromatic carbocycles. The zero-order valence-electron chi connectivity index (χ0n) is 35.1. The molecule has 2 aromatic heterocycles. The number of halogens is 2. The number of hydrogen-bond donors (Lipinski definition) is 0. The van der Waals surface area contributed by atoms with E-state index in [4.69, 9.17) is 11.6 Å². The number of aromatic nitrogens is 4. The topological polar surface area (TPSA) is 219 Å². The molecule has 18 nitrogen and oxygen atoms in total. The van der Waals surface area contributed by atoms with Crippen LogP contribution in [-0.2, 0) is 32.9 Å². The van der Waals surface area contributed by atoms with E-state index < -0.39 is 35.6 Å². The minimum atomic E-state index is -3.92. The van der Waals surface area contributed by atoms with E-state index in [0.717, 1.165) is 28.1 Å². The van der Waals surface area contributed by atoms with Gasteiger partial charge in [-0.1, -0.05) is 53.6 Å². The Balaban J connectivity index is 0.000000194. The van der Waals surface area contributed by atoms with Gasteiger partial charge in [0.2, 0.25) is 30.3 Å². The van der Waals surface area contributed by atoms with Crippen molar-refractivity contribution in [2.75, 3.05) is 49.1 Å². The number of anilines is 2. The molecule has 0 spiro atoms. The summed E-state index contributed by atoms with van der Waals surface area (Å²) in [6.45, 7) is 7.92. The molecule has 2 saturated heterocycles. The van der Waals surface area contributed by atoms with Gasteiger partial charge in [-0.05, 0) is 68.3 Å². The van der Waals surface area contributed by atoms with Gasteiger partial charge in [-0.15, -0.1) is 0 Å². The van der Waals surface area contributed by atoms with E-state index in [1.165, 1.54) is 85.8 Å². The second-order valence-electron chi connectivity index (χ2n) is 15.4. The van der Waals surface area contributed by atoms with Crippen molar-refractivity contribution in [1.29, 1.82) is 0 Å². The molecule has 24 heteroatoms. The Kier molecular flexibility index (Phi) is 14.5. The summed E-state index contributed by atoms with van der Waals surface area (Å²) in [6.07, 6.45) is 1.12. The number of nitro benzene ring substituents is 2. The van der Waals surface area contributed by atoms with Crippen LogP contribution in [0.1, 0.15) is 42.2 Å². The molecule has 2 fully saturated rings. The number of hydrogen-bond acceptors (Lipinski definition) is 16. The first-order chi connectivity index (χ1) is 30.9. The van der Waals surface area contributed by atoms with Crippen LogP contribution >= 0.6 is 34.7 Å². The van der Waals surface area contributed by atoms with Crippen LogP contribution in [0.25, 0.3) is 0 Å². The van der Waals surface area contributed by atoms with Crippen molar-refractivity contribution < 1.29 is 31.1 Å². The van der Waals surface area contributed by atoms with Gasteiger partial charge in [-0.2, -0.15) is 17.4 Å². The minimum absolute atomic E-state index is 0.0286. The van der Waals surface area contributed by atoms with Crippen molar-refractivity contribution in [3.63, 3.8) is 0 Å². The number of aryl methyl sites for hydroxylation is 1. The van der Waals surface area contributed by atoms with Gasteiger partial charge < -0.3 is 9.80 Å². The Hall–Kier alpha value is -5.56. The van der Waals surface area contributed by atoms with E-state index in [2.05, 4.69) is 43.0 Å². The molecule has 0 bridgehead atoms. The quantitative estimate of drug-likeness (QED) is 0.0893. The van der Waals surface area contributed by atoms with Crippen LogP contribution in [0.4, 0.5) is 26.0 Å². The fraction of sp³-hybridized carbons (Fsp3) is 0.317. The molecule has 4 heterocycles. The van der Waals surface area contributed by atoms with Gasteiger partial charge in [0.1, 0.15) is 22.5 Å². The summed E-state index contributed by atoms with van der Waals surface area (Å²) in [5, 5.41) is 23.3. The third-order valence-corrected chi connectivity index (χ3v) is 16.7. The highest BCUT2D eigenvalue weighted by atomic mass is 35.5. The van der Waals surface area contributed by atoms with Gasteiger partial charge in [-0.25, -0.2) is 31.2 Å². The molecule has 342 valence electrons. The van der Waals surface area contributed by atoms with Crippen LogP contribution in [0, 0.1) is 33.0 Å². The van der Waals surface area contributed by atoms with E-state index in [1.807, 2.05) is 30.6 Å². The van der Waals surface area contributed by atoms with Crippen LogP contribution in [0.3, 0.4) is 0 Å². The standard InChI is InChI=1S/C21H22ClN5O4S2.C20H20FN5O4S2/c1-14-3-5-16(6-4-14)11-20-23-21(32-24-20)25-9-10-26(15(2)13-25)33(30,31)17-7-8-18(22)19(12-17)27(28)29;1-14-13-24(20-22-19(23-31-20)12-15-2-4-16(21)5-3-15)10-11-25(14)32(29,30)18-8-6-17(7-9-18)26(27)28/h3-8,12,15H,9-11,13H2,1-2H3;2-9,14H,10-13H2,1H3. The molecule has 65 heavy (non-hydrogen) atoms. The molecule has 6 aromatic rings. The highest BCUT2D eigenvalue weighted by molar-refractivity contribution is 7.89. The molecule has 8 rings (SSSR count). The zero-order valence-corrected chi connectivity index (χ0v) is 39.1. The molecule has 2 unspecified atom stereocenters. The summed E-state index contributed by atoms with van der Waals surface area (Å²) in [6, 6.07) is 22.2. The number of rotatable bonds is 12. The molecular weight excluding hydrogens is 943 g/mol. The lowest BCUT2D eigenvalue weighted by atomic mass is 10.1. The Labute approximate surface area is 387 Å². The van der Waals surface area contributed by atoms with Gasteiger partial charge in [-0.3, -0.25) is 20.2 Å². The van der Waals surface area contributed by atoms with Crippen molar-refractivity contribution in [3.05, 3.63) is 150 Å². The minimum Gasteiger partial charge on any atom is -0.344 e. The second kappa shape index (κ2) is 19.9. The summed E-state index contributed by atoms with van der Waals surface area (Å²) in [7, 11) is -7.70. The molecule has 2 aliphatic rings. The first kappa shape index (κ1) is 47.4. The lowest BCUT2D eigenvalue weighted by Crippen LogP contribution is -2.54. The maximum absolute atomic E-state index is 13.2. The number of nitrogens with zero attached hydrogens (tertiary/aromatic N) is 10. The number of non-ortho nitro benzene ring substituents is 1. The Morgan fingerprint density at radius 3 is 1.60 bits per heavy atom. The molecule has 0 radical (unpaired) electrons. The Morgan fingerprint density at radius 2 is 1.14 bits per heavy atom. The number of piperazine rings is 2. The number of sulfonamides is 2. The first-order valence-corrected chi connectivity index (χ1v) is 24.9. The zero-order chi connectivity index (χ0) is 46.6. The van der Waals surface area contributed by atoms with Crippen molar-refractivity contribution >= 4 is 76.4 Å². The van der Waals surface area contributed by atoms with Gasteiger partial charge >= 0.3 is 0 Å². The van der Waals surface area contributed by atoms with E-state index in [-0.39, 0.29) is 51.5 Å². The van der Waals surface area contributed by atoms with E-state index in [0.29, 0.717) is 50.0 Å². The Bertz CT molecular complexity index is 2890. The average molecular weight is 986 g/mol. The average Bonchev–Trinajstić information content (AvgIpc) is 3.95. The van der Waals surface area contributed by atoms with Gasteiger partial charge in [0.15, 0.2) is 0 Å². The summed E-state index contributed by atoms with van der Waals surface area (Å²) in [4.78, 5) is 33.9. The molecular formula is C41H42ClFN10O8S4. The highest BCUT2D eigenvalue weighted by Crippen LogP contribution is 2.32. The monoisotopic (exact) mass is 984 g/mol. The predicted octanol–water partition coefficient (Wildman–Crippen LogP) is 6.97. The molecule has 2 atom stereocenters. The summed E-state index contributed by atoms with van der Waals surface area (Å²) in [5.74, 6) is 1.07. The fourth-order valence-corrected chi connectivity index (χ4v) is 12.2. The number of benzene rings is 4. The molecule has 0 N–H and O–H groups in total. The highest BCUT2D eigenvalue weighted by Gasteiger charge is 2.37. The summed E-state index contributed by atoms with van der Waals surface area (Å²) in [5.41, 5.74) is 2.64. The lowest BCUT2D eigenvalue weighted by molar-refractivity contribution is -0.385. The molecule has 2 aliphatic heterocycles. The Morgan fingerprint density at radius 1 is 0.677 bits per heavy atom. The van der Waals surface area contributed by atoms with Crippen molar-refractivity contribution in [2.24, 2.45) is 0 Å². The van der Waals surface area contributed by atoms with Crippen LogP contribution in [0.5, 0.6) is 0 Å². The van der Waals surface area contributed by atoms with Crippen LogP contribution in [0.15, 0.2) is 101 Å². The van der Waals surface area contributed by atoms with Crippen LogP contribution < -0.4 is 9.80 Å². The van der Waals surface area contributed by atoms with Crippen molar-refractivity contribution in [1.82, 2.24) is 27.3 Å². The summed E-state index contributed by atoms with van der Waals surface area (Å²) < 4.78 is 77.1. The van der Waals surface area contributed by atoms with Gasteiger partial charge in [0.05, 0.1) is 19.6 Å². The smallest absolute Gasteiger partial charge is 0.289 e. The van der Waals surface area contributed by atoms with Gasteiger partial charge in [0.25, 0.3) is 11.4 Å². The van der Waals surface area contributed by atoms with Crippen LogP contribution in [0.2, 0.25) is 5.02 Å². The second-order valence-corrected chi connectivity index (χ2v) is 21.0. The molecule has 0 amide bonds. The lowest BCUT2D eigenvalue weighted by Gasteiger charge is -2.38. The van der Waals surface area contributed by atoms with Crippen molar-refractivity contribution in [2.45, 2.75) is 55.5 Å².